The molecule has 1 fully saturated rings. The molecular formula is C19H27N3O3. The van der Waals surface area contributed by atoms with E-state index in [2.05, 4.69) is 15.3 Å². The van der Waals surface area contributed by atoms with Gasteiger partial charge >= 0.3 is 0 Å². The number of hydrogen-bond donors (Lipinski definition) is 2. The van der Waals surface area contributed by atoms with Crippen molar-refractivity contribution in [2.45, 2.75) is 57.8 Å². The molecule has 25 heavy (non-hydrogen) atoms. The first kappa shape index (κ1) is 17.9. The zero-order chi connectivity index (χ0) is 17.6. The largest absolute Gasteiger partial charge is 0.488 e. The Labute approximate surface area is 148 Å². The molecule has 6 heteroatoms. The molecule has 2 aromatic rings. The van der Waals surface area contributed by atoms with E-state index in [4.69, 9.17) is 9.47 Å². The molecule has 3 rings (SSSR count). The molecule has 1 aliphatic carbocycles. The fourth-order valence-electron chi connectivity index (χ4n) is 3.10. The lowest BCUT2D eigenvalue weighted by atomic mass is 9.93. The van der Waals surface area contributed by atoms with Crippen LogP contribution < -0.4 is 10.1 Å². The van der Waals surface area contributed by atoms with E-state index in [9.17, 15) is 5.11 Å². The van der Waals surface area contributed by atoms with E-state index in [1.165, 1.54) is 0 Å². The summed E-state index contributed by atoms with van der Waals surface area (Å²) in [5.41, 5.74) is 0.856. The van der Waals surface area contributed by atoms with Crippen molar-refractivity contribution in [3.63, 3.8) is 0 Å². The monoisotopic (exact) mass is 345 g/mol. The third-order valence-corrected chi connectivity index (χ3v) is 4.48. The van der Waals surface area contributed by atoms with Crippen LogP contribution in [0.5, 0.6) is 5.75 Å². The molecule has 0 spiro atoms. The summed E-state index contributed by atoms with van der Waals surface area (Å²) in [6.07, 6.45) is 5.22. The quantitative estimate of drug-likeness (QED) is 0.803. The molecule has 1 saturated carbocycles. The number of anilines is 1. The van der Waals surface area contributed by atoms with Crippen LogP contribution in [0.3, 0.4) is 0 Å². The molecule has 1 aromatic heterocycles. The van der Waals surface area contributed by atoms with Gasteiger partial charge in [-0.25, -0.2) is 9.97 Å². The van der Waals surface area contributed by atoms with Crippen LogP contribution in [-0.2, 0) is 4.74 Å². The Balaban J connectivity index is 1.68. The molecule has 1 unspecified atom stereocenters. The molecule has 1 heterocycles. The van der Waals surface area contributed by atoms with Crippen molar-refractivity contribution < 1.29 is 14.6 Å². The van der Waals surface area contributed by atoms with E-state index in [1.54, 1.807) is 0 Å². The Hall–Kier alpha value is -1.92. The fraction of sp³-hybridized carbons (Fsp3) is 0.579. The zero-order valence-electron chi connectivity index (χ0n) is 14.9. The van der Waals surface area contributed by atoms with Gasteiger partial charge in [0.1, 0.15) is 11.9 Å². The first-order valence-corrected chi connectivity index (χ1v) is 9.10. The molecule has 1 atom stereocenters. The summed E-state index contributed by atoms with van der Waals surface area (Å²) >= 11 is 0. The molecule has 1 aliphatic rings. The number of hydrogen-bond acceptors (Lipinski definition) is 6. The minimum atomic E-state index is -0.158. The number of rotatable bonds is 7. The van der Waals surface area contributed by atoms with Crippen LogP contribution in [-0.4, -0.2) is 46.5 Å². The van der Waals surface area contributed by atoms with Gasteiger partial charge in [0, 0.05) is 30.3 Å². The summed E-state index contributed by atoms with van der Waals surface area (Å²) in [6, 6.07) is 6.17. The highest BCUT2D eigenvalue weighted by Crippen LogP contribution is 2.23. The Morgan fingerprint density at radius 2 is 2.08 bits per heavy atom. The average Bonchev–Trinajstić information content (AvgIpc) is 2.61. The average molecular weight is 345 g/mol. The zero-order valence-corrected chi connectivity index (χ0v) is 14.9. The molecule has 6 nitrogen and oxygen atoms in total. The van der Waals surface area contributed by atoms with Gasteiger partial charge in [0.15, 0.2) is 0 Å². The van der Waals surface area contributed by atoms with E-state index < -0.39 is 0 Å². The van der Waals surface area contributed by atoms with Gasteiger partial charge in [-0.2, -0.15) is 0 Å². The lowest BCUT2D eigenvalue weighted by Gasteiger charge is -2.26. The Morgan fingerprint density at radius 3 is 2.84 bits per heavy atom. The first-order chi connectivity index (χ1) is 12.1. The third kappa shape index (κ3) is 5.03. The Kier molecular flexibility index (Phi) is 6.04. The van der Waals surface area contributed by atoms with Crippen LogP contribution in [0.2, 0.25) is 0 Å². The van der Waals surface area contributed by atoms with E-state index in [0.29, 0.717) is 25.2 Å². The summed E-state index contributed by atoms with van der Waals surface area (Å²) < 4.78 is 11.3. The SMILES string of the molecule is CCOCC(C)Oc1ccc2cnc(N[C@H]3CC[C@H](O)CC3)nc2c1. The van der Waals surface area contributed by atoms with Gasteiger partial charge in [-0.15, -0.1) is 0 Å². The van der Waals surface area contributed by atoms with Gasteiger partial charge in [-0.1, -0.05) is 0 Å². The second kappa shape index (κ2) is 8.45. The number of aliphatic hydroxyl groups excluding tert-OH is 1. The highest BCUT2D eigenvalue weighted by molar-refractivity contribution is 5.80. The van der Waals surface area contributed by atoms with Crippen molar-refractivity contribution in [1.82, 2.24) is 9.97 Å². The summed E-state index contributed by atoms with van der Waals surface area (Å²) in [4.78, 5) is 9.03. The molecule has 0 radical (unpaired) electrons. The van der Waals surface area contributed by atoms with Crippen molar-refractivity contribution in [1.29, 1.82) is 0 Å². The molecule has 0 amide bonds. The number of benzene rings is 1. The van der Waals surface area contributed by atoms with E-state index in [0.717, 1.165) is 42.3 Å². The molecule has 1 aromatic carbocycles. The van der Waals surface area contributed by atoms with E-state index in [-0.39, 0.29) is 12.2 Å². The van der Waals surface area contributed by atoms with Crippen molar-refractivity contribution in [3.8, 4) is 5.75 Å². The number of nitrogens with one attached hydrogen (secondary N) is 1. The van der Waals surface area contributed by atoms with Gasteiger partial charge in [0.05, 0.1) is 18.2 Å². The maximum absolute atomic E-state index is 9.61. The van der Waals surface area contributed by atoms with E-state index in [1.807, 2.05) is 38.2 Å². The standard InChI is InChI=1S/C19H27N3O3/c1-3-24-12-13(2)25-17-9-4-14-11-20-19(22-18(14)10-17)21-15-5-7-16(23)8-6-15/h4,9-11,13,15-16,23H,3,5-8,12H2,1-2H3,(H,20,21,22)/t13?,15-,16-. The normalized spacial score (nSPS) is 21.9. The summed E-state index contributed by atoms with van der Waals surface area (Å²) in [6.45, 7) is 5.22. The number of aromatic nitrogens is 2. The predicted molar refractivity (Wildman–Crippen MR) is 98.0 cm³/mol. The third-order valence-electron chi connectivity index (χ3n) is 4.48. The molecule has 0 bridgehead atoms. The topological polar surface area (TPSA) is 76.5 Å². The Morgan fingerprint density at radius 1 is 1.28 bits per heavy atom. The van der Waals surface area contributed by atoms with Crippen LogP contribution >= 0.6 is 0 Å². The molecule has 0 saturated heterocycles. The second-order valence-electron chi connectivity index (χ2n) is 6.65. The smallest absolute Gasteiger partial charge is 0.223 e. The lowest BCUT2D eigenvalue weighted by Crippen LogP contribution is -2.28. The predicted octanol–water partition coefficient (Wildman–Crippen LogP) is 3.15. The minimum Gasteiger partial charge on any atom is -0.488 e. The van der Waals surface area contributed by atoms with Gasteiger partial charge in [-0.3, -0.25) is 0 Å². The summed E-state index contributed by atoms with van der Waals surface area (Å²) in [5.74, 6) is 1.42. The van der Waals surface area contributed by atoms with E-state index >= 15 is 0 Å². The maximum atomic E-state index is 9.61. The van der Waals surface area contributed by atoms with Crippen LogP contribution in [0, 0.1) is 0 Å². The van der Waals surface area contributed by atoms with Crippen LogP contribution in [0.15, 0.2) is 24.4 Å². The first-order valence-electron chi connectivity index (χ1n) is 9.10. The second-order valence-corrected chi connectivity index (χ2v) is 6.65. The highest BCUT2D eigenvalue weighted by atomic mass is 16.5. The van der Waals surface area contributed by atoms with Crippen molar-refractivity contribution in [2.24, 2.45) is 0 Å². The number of nitrogens with zero attached hydrogens (tertiary/aromatic N) is 2. The Bertz CT molecular complexity index is 687. The van der Waals surface area contributed by atoms with Gasteiger partial charge in [-0.05, 0) is 51.7 Å². The maximum Gasteiger partial charge on any atom is 0.223 e. The van der Waals surface area contributed by atoms with Gasteiger partial charge < -0.3 is 19.9 Å². The van der Waals surface area contributed by atoms with Crippen LogP contribution in [0.25, 0.3) is 10.9 Å². The van der Waals surface area contributed by atoms with Crippen LogP contribution in [0.1, 0.15) is 39.5 Å². The molecule has 0 aliphatic heterocycles. The highest BCUT2D eigenvalue weighted by Gasteiger charge is 2.19. The number of aliphatic hydroxyl groups is 1. The summed E-state index contributed by atoms with van der Waals surface area (Å²) in [5, 5.41) is 14.0. The molecule has 136 valence electrons. The van der Waals surface area contributed by atoms with Gasteiger partial charge in [0.2, 0.25) is 5.95 Å². The molecule has 2 N–H and O–H groups in total. The molecular weight excluding hydrogens is 318 g/mol. The number of ether oxygens (including phenoxy) is 2. The van der Waals surface area contributed by atoms with Gasteiger partial charge in [0.25, 0.3) is 0 Å². The van der Waals surface area contributed by atoms with Crippen LogP contribution in [0.4, 0.5) is 5.95 Å². The number of fused-ring (bicyclic) bond motifs is 1. The van der Waals surface area contributed by atoms with Crippen molar-refractivity contribution >= 4 is 16.9 Å². The fourth-order valence-corrected chi connectivity index (χ4v) is 3.10. The minimum absolute atomic E-state index is 0.00880. The summed E-state index contributed by atoms with van der Waals surface area (Å²) in [7, 11) is 0. The lowest BCUT2D eigenvalue weighted by molar-refractivity contribution is 0.0658. The van der Waals surface area contributed by atoms with Crippen molar-refractivity contribution in [2.75, 3.05) is 18.5 Å². The van der Waals surface area contributed by atoms with Crippen molar-refractivity contribution in [3.05, 3.63) is 24.4 Å².